The Morgan fingerprint density at radius 3 is 2.30 bits per heavy atom. The van der Waals surface area contributed by atoms with Gasteiger partial charge >= 0.3 is 12.1 Å². The predicted octanol–water partition coefficient (Wildman–Crippen LogP) is 3.39. The zero-order valence-corrected chi connectivity index (χ0v) is 16.7. The first-order valence-corrected chi connectivity index (χ1v) is 9.09. The van der Waals surface area contributed by atoms with Gasteiger partial charge in [0, 0.05) is 18.6 Å². The minimum absolute atomic E-state index is 0.157. The van der Waals surface area contributed by atoms with Gasteiger partial charge in [-0.15, -0.1) is 0 Å². The number of amides is 4. The molecule has 2 rings (SSSR count). The van der Waals surface area contributed by atoms with E-state index in [0.29, 0.717) is 5.06 Å². The van der Waals surface area contributed by atoms with E-state index in [0.717, 1.165) is 5.56 Å². The molecule has 150 valence electrons. The van der Waals surface area contributed by atoms with Crippen LogP contribution in [0.5, 0.6) is 0 Å². The van der Waals surface area contributed by atoms with Gasteiger partial charge in [-0.25, -0.2) is 14.0 Å². The molecule has 1 aliphatic rings. The highest BCUT2D eigenvalue weighted by Gasteiger charge is 2.56. The van der Waals surface area contributed by atoms with Crippen LogP contribution in [0.15, 0.2) is 24.3 Å². The van der Waals surface area contributed by atoms with Crippen molar-refractivity contribution in [2.24, 2.45) is 0 Å². The Bertz CT molecular complexity index is 691. The Labute approximate surface area is 159 Å². The Morgan fingerprint density at radius 2 is 1.81 bits per heavy atom. The summed E-state index contributed by atoms with van der Waals surface area (Å²) >= 11 is 0. The highest BCUT2D eigenvalue weighted by atomic mass is 19.1. The predicted molar refractivity (Wildman–Crippen MR) is 99.5 cm³/mol. The molecule has 1 aromatic rings. The molecule has 0 saturated carbocycles. The number of rotatable bonds is 5. The summed E-state index contributed by atoms with van der Waals surface area (Å²) in [7, 11) is 0. The third-order valence-electron chi connectivity index (χ3n) is 4.70. The average molecular weight is 380 g/mol. The molecule has 1 fully saturated rings. The lowest BCUT2D eigenvalue weighted by Crippen LogP contribution is -2.60. The smallest absolute Gasteiger partial charge is 0.334 e. The fraction of sp³-hybridized carbons (Fsp3) is 0.579. The third-order valence-corrected chi connectivity index (χ3v) is 4.70. The quantitative estimate of drug-likeness (QED) is 0.607. The first-order valence-electron chi connectivity index (χ1n) is 9.09. The van der Waals surface area contributed by atoms with Crippen molar-refractivity contribution in [3.8, 4) is 0 Å². The molecule has 7 nitrogen and oxygen atoms in total. The molecule has 0 bridgehead atoms. The number of benzene rings is 1. The summed E-state index contributed by atoms with van der Waals surface area (Å²) in [6.45, 7) is 11.1. The van der Waals surface area contributed by atoms with Crippen molar-refractivity contribution in [2.45, 2.75) is 71.9 Å². The van der Waals surface area contributed by atoms with Crippen molar-refractivity contribution >= 4 is 12.1 Å². The highest BCUT2D eigenvalue weighted by Crippen LogP contribution is 2.36. The number of nitrogens with one attached hydrogen (secondary N) is 1. The zero-order valence-electron chi connectivity index (χ0n) is 16.7. The lowest BCUT2D eigenvalue weighted by Gasteiger charge is -2.39. The van der Waals surface area contributed by atoms with Gasteiger partial charge in [-0.05, 0) is 59.2 Å². The van der Waals surface area contributed by atoms with Gasteiger partial charge in [-0.1, -0.05) is 12.1 Å². The Hall–Kier alpha value is -2.35. The number of hydrogen-bond acceptors (Lipinski definition) is 3. The van der Waals surface area contributed by atoms with Gasteiger partial charge in [0.1, 0.15) is 5.82 Å². The molecule has 1 saturated heterocycles. The molecule has 0 aromatic heterocycles. The van der Waals surface area contributed by atoms with E-state index in [1.807, 2.05) is 13.8 Å². The number of carbonyl (C=O) groups is 2. The summed E-state index contributed by atoms with van der Waals surface area (Å²) < 4.78 is 13.2. The van der Waals surface area contributed by atoms with E-state index < -0.39 is 17.7 Å². The summed E-state index contributed by atoms with van der Waals surface area (Å²) in [6.07, 6.45) is -0.871. The summed E-state index contributed by atoms with van der Waals surface area (Å²) in [5.74, 6) is -0.348. The lowest BCUT2D eigenvalue weighted by atomic mass is 9.99. The largest absolute Gasteiger partial charge is 0.343 e. The molecule has 0 radical (unpaired) electrons. The molecular formula is C19H29FN4O3. The van der Waals surface area contributed by atoms with Gasteiger partial charge in [0.25, 0.3) is 0 Å². The maximum absolute atomic E-state index is 13.2. The fourth-order valence-corrected chi connectivity index (χ4v) is 3.36. The van der Waals surface area contributed by atoms with Crippen LogP contribution < -0.4 is 5.32 Å². The first kappa shape index (κ1) is 21.0. The second kappa shape index (κ2) is 7.72. The summed E-state index contributed by atoms with van der Waals surface area (Å²) in [5.41, 5.74) is -0.114. The summed E-state index contributed by atoms with van der Waals surface area (Å²) in [6, 6.07) is 4.58. The fourth-order valence-electron chi connectivity index (χ4n) is 3.36. The van der Waals surface area contributed by atoms with Crippen LogP contribution in [-0.4, -0.2) is 55.9 Å². The molecule has 2 N–H and O–H groups in total. The Kier molecular flexibility index (Phi) is 5.99. The van der Waals surface area contributed by atoms with E-state index in [-0.39, 0.29) is 30.5 Å². The number of carbonyl (C=O) groups excluding carboxylic acids is 2. The van der Waals surface area contributed by atoms with Crippen LogP contribution in [0.2, 0.25) is 0 Å². The molecule has 0 unspecified atom stereocenters. The van der Waals surface area contributed by atoms with Crippen molar-refractivity contribution < 1.29 is 19.2 Å². The molecule has 1 atom stereocenters. The first-order chi connectivity index (χ1) is 12.5. The zero-order chi connectivity index (χ0) is 20.5. The average Bonchev–Trinajstić information content (AvgIpc) is 2.75. The van der Waals surface area contributed by atoms with Gasteiger partial charge in [-0.3, -0.25) is 10.1 Å². The Balaban J connectivity index is 2.36. The highest BCUT2D eigenvalue weighted by molar-refractivity contribution is 5.81. The van der Waals surface area contributed by atoms with Gasteiger partial charge in [-0.2, -0.15) is 5.06 Å². The van der Waals surface area contributed by atoms with E-state index >= 15 is 0 Å². The van der Waals surface area contributed by atoms with Gasteiger partial charge in [0.05, 0.1) is 5.54 Å². The van der Waals surface area contributed by atoms with Crippen LogP contribution in [0.3, 0.4) is 0 Å². The number of urea groups is 2. The minimum atomic E-state index is -0.876. The second-order valence-corrected chi connectivity index (χ2v) is 7.97. The molecule has 1 heterocycles. The minimum Gasteiger partial charge on any atom is -0.334 e. The SMILES string of the molecule is CC(C)NC(=O)N(O)[C@H]1N(C(C)C)C(=O)N(Cc2ccc(F)cc2)C1(C)C. The number of hydroxylamine groups is 2. The van der Waals surface area contributed by atoms with Crippen molar-refractivity contribution in [1.82, 2.24) is 20.2 Å². The monoisotopic (exact) mass is 380 g/mol. The number of hydrogen-bond donors (Lipinski definition) is 2. The van der Waals surface area contributed by atoms with E-state index in [9.17, 15) is 19.2 Å². The van der Waals surface area contributed by atoms with Gasteiger partial charge < -0.3 is 10.2 Å². The van der Waals surface area contributed by atoms with Crippen LogP contribution in [0, 0.1) is 5.82 Å². The van der Waals surface area contributed by atoms with Crippen LogP contribution in [0.1, 0.15) is 47.1 Å². The van der Waals surface area contributed by atoms with Crippen LogP contribution in [0.4, 0.5) is 14.0 Å². The molecule has 4 amide bonds. The van der Waals surface area contributed by atoms with E-state index in [4.69, 9.17) is 0 Å². The van der Waals surface area contributed by atoms with Crippen LogP contribution in [0.25, 0.3) is 0 Å². The molecule has 1 aromatic carbocycles. The van der Waals surface area contributed by atoms with E-state index in [2.05, 4.69) is 5.32 Å². The summed E-state index contributed by atoms with van der Waals surface area (Å²) in [5, 5.41) is 13.9. The molecule has 0 spiro atoms. The van der Waals surface area contributed by atoms with Gasteiger partial charge in [0.15, 0.2) is 6.17 Å². The topological polar surface area (TPSA) is 76.1 Å². The van der Waals surface area contributed by atoms with Crippen molar-refractivity contribution in [2.75, 3.05) is 0 Å². The maximum atomic E-state index is 13.2. The van der Waals surface area contributed by atoms with Crippen molar-refractivity contribution in [3.63, 3.8) is 0 Å². The molecule has 1 aliphatic heterocycles. The summed E-state index contributed by atoms with van der Waals surface area (Å²) in [4.78, 5) is 28.6. The second-order valence-electron chi connectivity index (χ2n) is 7.97. The van der Waals surface area contributed by atoms with Crippen LogP contribution in [-0.2, 0) is 6.54 Å². The molecule has 27 heavy (non-hydrogen) atoms. The number of halogens is 1. The van der Waals surface area contributed by atoms with Crippen molar-refractivity contribution in [3.05, 3.63) is 35.6 Å². The van der Waals surface area contributed by atoms with E-state index in [1.54, 1.807) is 44.7 Å². The van der Waals surface area contributed by atoms with Gasteiger partial charge in [0.2, 0.25) is 0 Å². The Morgan fingerprint density at radius 1 is 1.26 bits per heavy atom. The standard InChI is InChI=1S/C19H29FN4O3/c1-12(2)21-17(25)24(27)16-19(5,6)22(18(26)23(16)13(3)4)11-14-7-9-15(20)10-8-14/h7-10,12-13,16,27H,11H2,1-6H3,(H,21,25)/t16-/m1/s1. The van der Waals surface area contributed by atoms with Crippen molar-refractivity contribution in [1.29, 1.82) is 0 Å². The number of nitrogens with zero attached hydrogens (tertiary/aromatic N) is 3. The molecule has 0 aliphatic carbocycles. The molecular weight excluding hydrogens is 351 g/mol. The normalized spacial score (nSPS) is 19.2. The molecule has 8 heteroatoms. The lowest BCUT2D eigenvalue weighted by molar-refractivity contribution is -0.138. The third kappa shape index (κ3) is 4.16. The van der Waals surface area contributed by atoms with E-state index in [1.165, 1.54) is 17.0 Å². The maximum Gasteiger partial charge on any atom is 0.343 e. The van der Waals surface area contributed by atoms with Crippen LogP contribution >= 0.6 is 0 Å².